The number of hydrogen-bond donors (Lipinski definition) is 1. The molecule has 0 fully saturated rings. The molecule has 0 aliphatic heterocycles. The summed E-state index contributed by atoms with van der Waals surface area (Å²) in [5.74, 6) is 0.755. The van der Waals surface area contributed by atoms with Crippen molar-refractivity contribution in [1.29, 1.82) is 0 Å². The van der Waals surface area contributed by atoms with Crippen molar-refractivity contribution in [2.75, 3.05) is 7.05 Å². The average Bonchev–Trinajstić information content (AvgIpc) is 2.35. The third-order valence-electron chi connectivity index (χ3n) is 3.87. The maximum absolute atomic E-state index is 3.56. The third-order valence-corrected chi connectivity index (χ3v) is 3.87. The number of rotatable bonds is 7. The maximum atomic E-state index is 3.56. The summed E-state index contributed by atoms with van der Waals surface area (Å²) in [7, 11) is 2.10. The van der Waals surface area contributed by atoms with Gasteiger partial charge in [-0.15, -0.1) is 0 Å². The van der Waals surface area contributed by atoms with Crippen molar-refractivity contribution in [3.63, 3.8) is 0 Å². The molecule has 102 valence electrons. The van der Waals surface area contributed by atoms with Gasteiger partial charge in [-0.2, -0.15) is 0 Å². The molecule has 1 rings (SSSR count). The molecule has 0 saturated carbocycles. The van der Waals surface area contributed by atoms with Crippen LogP contribution in [-0.2, 0) is 0 Å². The zero-order valence-electron chi connectivity index (χ0n) is 12.7. The molecule has 1 aromatic rings. The maximum Gasteiger partial charge on any atom is 0.0348 e. The van der Waals surface area contributed by atoms with Crippen molar-refractivity contribution in [3.8, 4) is 0 Å². The van der Waals surface area contributed by atoms with Gasteiger partial charge in [0.2, 0.25) is 0 Å². The van der Waals surface area contributed by atoms with Crippen molar-refractivity contribution >= 4 is 0 Å². The number of benzene rings is 1. The first-order valence-corrected chi connectivity index (χ1v) is 7.38. The molecule has 1 heteroatoms. The molecule has 0 aliphatic carbocycles. The van der Waals surface area contributed by atoms with E-state index in [1.165, 1.54) is 42.4 Å². The molecule has 1 aromatic carbocycles. The number of hydrogen-bond acceptors (Lipinski definition) is 1. The lowest BCUT2D eigenvalue weighted by Gasteiger charge is -2.28. The van der Waals surface area contributed by atoms with E-state index in [4.69, 9.17) is 0 Å². The minimum Gasteiger partial charge on any atom is -0.313 e. The highest BCUT2D eigenvalue weighted by molar-refractivity contribution is 5.33. The van der Waals surface area contributed by atoms with E-state index in [9.17, 15) is 0 Å². The van der Waals surface area contributed by atoms with Crippen molar-refractivity contribution in [2.45, 2.75) is 59.4 Å². The van der Waals surface area contributed by atoms with Gasteiger partial charge in [-0.3, -0.25) is 0 Å². The number of aryl methyl sites for hydroxylation is 2. The normalized spacial score (nSPS) is 13.0. The van der Waals surface area contributed by atoms with E-state index in [1.807, 2.05) is 0 Å². The molecule has 1 N–H and O–H groups in total. The quantitative estimate of drug-likeness (QED) is 0.731. The number of nitrogens with one attached hydrogen (secondary N) is 1. The topological polar surface area (TPSA) is 12.0 Å². The fraction of sp³-hybridized carbons (Fsp3) is 0.647. The average molecular weight is 247 g/mol. The van der Waals surface area contributed by atoms with Crippen molar-refractivity contribution in [3.05, 3.63) is 34.9 Å². The lowest BCUT2D eigenvalue weighted by molar-refractivity contribution is 0.330. The Balaban J connectivity index is 3.01. The molecule has 0 bridgehead atoms. The summed E-state index contributed by atoms with van der Waals surface area (Å²) in [6.07, 6.45) is 5.17. The van der Waals surface area contributed by atoms with Crippen LogP contribution in [0.15, 0.2) is 18.2 Å². The smallest absolute Gasteiger partial charge is 0.0348 e. The van der Waals surface area contributed by atoms with Gasteiger partial charge in [0, 0.05) is 6.04 Å². The first-order valence-electron chi connectivity index (χ1n) is 7.38. The van der Waals surface area contributed by atoms with Gasteiger partial charge in [0.1, 0.15) is 0 Å². The van der Waals surface area contributed by atoms with Crippen LogP contribution in [0.2, 0.25) is 0 Å². The summed E-state index contributed by atoms with van der Waals surface area (Å²) < 4.78 is 0. The molecule has 0 aromatic heterocycles. The zero-order valence-corrected chi connectivity index (χ0v) is 12.7. The van der Waals surface area contributed by atoms with E-state index < -0.39 is 0 Å². The molecule has 0 aliphatic rings. The van der Waals surface area contributed by atoms with Gasteiger partial charge >= 0.3 is 0 Å². The van der Waals surface area contributed by atoms with E-state index in [0.717, 1.165) is 5.92 Å². The first-order chi connectivity index (χ1) is 8.63. The second-order valence-corrected chi connectivity index (χ2v) is 5.46. The molecule has 1 nitrogen and oxygen atoms in total. The summed E-state index contributed by atoms with van der Waals surface area (Å²) in [5.41, 5.74) is 4.27. The molecule has 1 unspecified atom stereocenters. The Morgan fingerprint density at radius 1 is 1.06 bits per heavy atom. The largest absolute Gasteiger partial charge is 0.313 e. The fourth-order valence-electron chi connectivity index (χ4n) is 2.96. The summed E-state index contributed by atoms with van der Waals surface area (Å²) in [6.45, 7) is 9.00. The summed E-state index contributed by atoms with van der Waals surface area (Å²) in [6, 6.07) is 7.32. The molecule has 0 saturated heterocycles. The van der Waals surface area contributed by atoms with Gasteiger partial charge in [0.05, 0.1) is 0 Å². The highest BCUT2D eigenvalue weighted by atomic mass is 14.9. The van der Waals surface area contributed by atoms with E-state index >= 15 is 0 Å². The van der Waals surface area contributed by atoms with Crippen LogP contribution in [0.4, 0.5) is 0 Å². The van der Waals surface area contributed by atoms with E-state index in [1.54, 1.807) is 0 Å². The summed E-state index contributed by atoms with van der Waals surface area (Å²) in [5, 5.41) is 3.56. The van der Waals surface area contributed by atoms with E-state index in [2.05, 4.69) is 58.3 Å². The van der Waals surface area contributed by atoms with Crippen LogP contribution in [0.3, 0.4) is 0 Å². The van der Waals surface area contributed by atoms with Gasteiger partial charge in [-0.05, 0) is 50.8 Å². The SMILES string of the molecule is CCCC(CCC)C(NC)c1cc(C)ccc1C. The Morgan fingerprint density at radius 2 is 1.67 bits per heavy atom. The Bertz CT molecular complexity index is 351. The lowest BCUT2D eigenvalue weighted by Crippen LogP contribution is -2.26. The standard InChI is InChI=1S/C17H29N/c1-6-8-15(9-7-2)17(18-5)16-12-13(3)10-11-14(16)4/h10-12,15,17-18H,6-9H2,1-5H3. The van der Waals surface area contributed by atoms with Gasteiger partial charge in [0.25, 0.3) is 0 Å². The van der Waals surface area contributed by atoms with Gasteiger partial charge in [0.15, 0.2) is 0 Å². The van der Waals surface area contributed by atoms with Gasteiger partial charge in [-0.25, -0.2) is 0 Å². The van der Waals surface area contributed by atoms with Crippen LogP contribution in [-0.4, -0.2) is 7.05 Å². The molecule has 18 heavy (non-hydrogen) atoms. The van der Waals surface area contributed by atoms with Crippen molar-refractivity contribution in [1.82, 2.24) is 5.32 Å². The van der Waals surface area contributed by atoms with Gasteiger partial charge < -0.3 is 5.32 Å². The third kappa shape index (κ3) is 3.84. The van der Waals surface area contributed by atoms with Crippen LogP contribution in [0.1, 0.15) is 62.3 Å². The Morgan fingerprint density at radius 3 is 2.17 bits per heavy atom. The monoisotopic (exact) mass is 247 g/mol. The summed E-state index contributed by atoms with van der Waals surface area (Å²) in [4.78, 5) is 0. The summed E-state index contributed by atoms with van der Waals surface area (Å²) >= 11 is 0. The first kappa shape index (κ1) is 15.2. The van der Waals surface area contributed by atoms with Crippen LogP contribution < -0.4 is 5.32 Å². The molecular formula is C17H29N. The Labute approximate surface area is 113 Å². The molecule has 1 atom stereocenters. The lowest BCUT2D eigenvalue weighted by atomic mass is 9.84. The molecular weight excluding hydrogens is 218 g/mol. The molecule has 0 amide bonds. The molecule has 0 spiro atoms. The Hall–Kier alpha value is -0.820. The van der Waals surface area contributed by atoms with Crippen molar-refractivity contribution in [2.24, 2.45) is 5.92 Å². The molecule has 0 radical (unpaired) electrons. The second-order valence-electron chi connectivity index (χ2n) is 5.46. The second kappa shape index (κ2) is 7.58. The highest BCUT2D eigenvalue weighted by Crippen LogP contribution is 2.31. The van der Waals surface area contributed by atoms with Gasteiger partial charge in [-0.1, -0.05) is 50.5 Å². The Kier molecular flexibility index (Phi) is 6.42. The minimum atomic E-state index is 0.504. The zero-order chi connectivity index (χ0) is 13.5. The minimum absolute atomic E-state index is 0.504. The predicted molar refractivity (Wildman–Crippen MR) is 81.0 cm³/mol. The van der Waals surface area contributed by atoms with Crippen LogP contribution in [0.5, 0.6) is 0 Å². The fourth-order valence-corrected chi connectivity index (χ4v) is 2.96. The van der Waals surface area contributed by atoms with Crippen LogP contribution in [0.25, 0.3) is 0 Å². The van der Waals surface area contributed by atoms with Crippen LogP contribution in [0, 0.1) is 19.8 Å². The van der Waals surface area contributed by atoms with Crippen LogP contribution >= 0.6 is 0 Å². The molecule has 0 heterocycles. The predicted octanol–water partition coefficient (Wildman–Crippen LogP) is 4.78. The van der Waals surface area contributed by atoms with E-state index in [-0.39, 0.29) is 0 Å². The van der Waals surface area contributed by atoms with Crippen molar-refractivity contribution < 1.29 is 0 Å². The van der Waals surface area contributed by atoms with E-state index in [0.29, 0.717) is 6.04 Å². The highest BCUT2D eigenvalue weighted by Gasteiger charge is 2.21.